The molecule has 1 saturated heterocycles. The SMILES string of the molecule is CC1CC(C)CN(Cc2c(O)ccc3c2O/C(=C/c2ccccc2Cl)C3=O)C1. The second kappa shape index (κ2) is 7.61. The number of ether oxygens (including phenoxy) is 1. The molecule has 146 valence electrons. The maximum atomic E-state index is 12.8. The lowest BCUT2D eigenvalue weighted by Gasteiger charge is -2.35. The lowest BCUT2D eigenvalue weighted by atomic mass is 9.91. The van der Waals surface area contributed by atoms with Crippen molar-refractivity contribution in [1.29, 1.82) is 0 Å². The minimum Gasteiger partial charge on any atom is -0.507 e. The van der Waals surface area contributed by atoms with Crippen molar-refractivity contribution >= 4 is 23.5 Å². The van der Waals surface area contributed by atoms with Crippen LogP contribution in [0.15, 0.2) is 42.2 Å². The van der Waals surface area contributed by atoms with E-state index < -0.39 is 0 Å². The summed E-state index contributed by atoms with van der Waals surface area (Å²) in [5.41, 5.74) is 1.89. The second-order valence-corrected chi connectivity index (χ2v) is 8.45. The zero-order valence-corrected chi connectivity index (χ0v) is 16.9. The van der Waals surface area contributed by atoms with E-state index in [-0.39, 0.29) is 17.3 Å². The molecule has 0 saturated carbocycles. The smallest absolute Gasteiger partial charge is 0.231 e. The first kappa shape index (κ1) is 19.0. The number of aromatic hydroxyl groups is 1. The third-order valence-corrected chi connectivity index (χ3v) is 5.78. The van der Waals surface area contributed by atoms with Gasteiger partial charge in [0.25, 0.3) is 0 Å². The average molecular weight is 398 g/mol. The number of allylic oxidation sites excluding steroid dienone is 1. The van der Waals surface area contributed by atoms with E-state index in [1.807, 2.05) is 18.2 Å². The first-order valence-electron chi connectivity index (χ1n) is 9.68. The molecule has 4 nitrogen and oxygen atoms in total. The van der Waals surface area contributed by atoms with Crippen LogP contribution in [-0.2, 0) is 6.54 Å². The van der Waals surface area contributed by atoms with E-state index in [0.717, 1.165) is 18.7 Å². The summed E-state index contributed by atoms with van der Waals surface area (Å²) >= 11 is 6.22. The van der Waals surface area contributed by atoms with E-state index >= 15 is 0 Å². The monoisotopic (exact) mass is 397 g/mol. The Balaban J connectivity index is 1.65. The van der Waals surface area contributed by atoms with Crippen LogP contribution in [-0.4, -0.2) is 28.9 Å². The molecule has 0 radical (unpaired) electrons. The number of carbonyl (C=O) groups is 1. The number of halogens is 1. The van der Waals surface area contributed by atoms with Gasteiger partial charge in [0, 0.05) is 24.7 Å². The van der Waals surface area contributed by atoms with E-state index in [0.29, 0.717) is 40.3 Å². The first-order chi connectivity index (χ1) is 13.4. The Morgan fingerprint density at radius 2 is 1.89 bits per heavy atom. The highest BCUT2D eigenvalue weighted by Gasteiger charge is 2.32. The first-order valence-corrected chi connectivity index (χ1v) is 10.1. The highest BCUT2D eigenvalue weighted by molar-refractivity contribution is 6.32. The van der Waals surface area contributed by atoms with Gasteiger partial charge in [0.2, 0.25) is 5.78 Å². The molecular formula is C23H24ClNO3. The third kappa shape index (κ3) is 3.67. The van der Waals surface area contributed by atoms with Crippen molar-refractivity contribution in [3.05, 3.63) is 63.9 Å². The second-order valence-electron chi connectivity index (χ2n) is 8.04. The van der Waals surface area contributed by atoms with Crippen LogP contribution in [0.3, 0.4) is 0 Å². The van der Waals surface area contributed by atoms with Gasteiger partial charge >= 0.3 is 0 Å². The number of carbonyl (C=O) groups excluding carboxylic acids is 1. The van der Waals surface area contributed by atoms with Gasteiger partial charge in [0.05, 0.1) is 11.1 Å². The highest BCUT2D eigenvalue weighted by atomic mass is 35.5. The minimum atomic E-state index is -0.184. The van der Waals surface area contributed by atoms with Crippen LogP contribution < -0.4 is 4.74 Å². The molecule has 2 unspecified atom stereocenters. The molecule has 4 rings (SSSR count). The number of hydrogen-bond donors (Lipinski definition) is 1. The number of Topliss-reactive ketones (excluding diaryl/α,β-unsaturated/α-hetero) is 1. The Kier molecular flexibility index (Phi) is 5.17. The summed E-state index contributed by atoms with van der Waals surface area (Å²) in [6, 6.07) is 10.5. The molecule has 2 aromatic rings. The molecule has 2 aromatic carbocycles. The van der Waals surface area contributed by atoms with Crippen molar-refractivity contribution in [2.45, 2.75) is 26.8 Å². The third-order valence-electron chi connectivity index (χ3n) is 5.43. The topological polar surface area (TPSA) is 49.8 Å². The largest absolute Gasteiger partial charge is 0.507 e. The number of ketones is 1. The Hall–Kier alpha value is -2.30. The Labute approximate surface area is 170 Å². The van der Waals surface area contributed by atoms with Gasteiger partial charge in [0.15, 0.2) is 5.76 Å². The normalized spacial score (nSPS) is 23.7. The number of nitrogens with zero attached hydrogens (tertiary/aromatic N) is 1. The molecule has 0 aromatic heterocycles. The molecule has 2 aliphatic rings. The van der Waals surface area contributed by atoms with E-state index in [1.54, 1.807) is 24.3 Å². The number of rotatable bonds is 3. The van der Waals surface area contributed by atoms with E-state index in [4.69, 9.17) is 16.3 Å². The highest BCUT2D eigenvalue weighted by Crippen LogP contribution is 2.41. The number of phenolic OH excluding ortho intramolecular Hbond substituents is 1. The van der Waals surface area contributed by atoms with Crippen LogP contribution in [0.2, 0.25) is 5.02 Å². The van der Waals surface area contributed by atoms with E-state index in [9.17, 15) is 9.90 Å². The zero-order chi connectivity index (χ0) is 19.8. The molecular weight excluding hydrogens is 374 g/mol. The number of hydrogen-bond acceptors (Lipinski definition) is 4. The number of likely N-dealkylation sites (tertiary alicyclic amines) is 1. The van der Waals surface area contributed by atoms with Gasteiger partial charge in [-0.1, -0.05) is 43.6 Å². The minimum absolute atomic E-state index is 0.163. The van der Waals surface area contributed by atoms with Crippen molar-refractivity contribution in [1.82, 2.24) is 4.90 Å². The molecule has 1 N–H and O–H groups in total. The van der Waals surface area contributed by atoms with Crippen LogP contribution in [0.25, 0.3) is 6.08 Å². The summed E-state index contributed by atoms with van der Waals surface area (Å²) in [5, 5.41) is 11.0. The summed E-state index contributed by atoms with van der Waals surface area (Å²) in [4.78, 5) is 15.2. The van der Waals surface area contributed by atoms with E-state index in [1.165, 1.54) is 6.42 Å². The molecule has 28 heavy (non-hydrogen) atoms. The average Bonchev–Trinajstić information content (AvgIpc) is 2.95. The summed E-state index contributed by atoms with van der Waals surface area (Å²) in [7, 11) is 0. The molecule has 1 fully saturated rings. The van der Waals surface area contributed by atoms with Gasteiger partial charge in [-0.3, -0.25) is 9.69 Å². The van der Waals surface area contributed by atoms with E-state index in [2.05, 4.69) is 18.7 Å². The number of fused-ring (bicyclic) bond motifs is 1. The summed E-state index contributed by atoms with van der Waals surface area (Å²) in [6.45, 7) is 7.02. The lowest BCUT2D eigenvalue weighted by Crippen LogP contribution is -2.38. The van der Waals surface area contributed by atoms with Gasteiger partial charge in [-0.15, -0.1) is 0 Å². The van der Waals surface area contributed by atoms with Crippen LogP contribution in [0.5, 0.6) is 11.5 Å². The molecule has 2 atom stereocenters. The summed E-state index contributed by atoms with van der Waals surface area (Å²) in [5.74, 6) is 1.90. The van der Waals surface area contributed by atoms with Gasteiger partial charge in [-0.25, -0.2) is 0 Å². The van der Waals surface area contributed by atoms with Gasteiger partial charge in [-0.05, 0) is 48.1 Å². The number of piperidine rings is 1. The summed E-state index contributed by atoms with van der Waals surface area (Å²) < 4.78 is 5.95. The van der Waals surface area contributed by atoms with Gasteiger partial charge < -0.3 is 9.84 Å². The van der Waals surface area contributed by atoms with Crippen molar-refractivity contribution in [2.75, 3.05) is 13.1 Å². The van der Waals surface area contributed by atoms with Crippen molar-refractivity contribution in [3.63, 3.8) is 0 Å². The predicted molar refractivity (Wildman–Crippen MR) is 111 cm³/mol. The Morgan fingerprint density at radius 3 is 2.61 bits per heavy atom. The van der Waals surface area contributed by atoms with Crippen LogP contribution in [0, 0.1) is 11.8 Å². The fourth-order valence-electron chi connectivity index (χ4n) is 4.33. The predicted octanol–water partition coefficient (Wildman–Crippen LogP) is 5.14. The van der Waals surface area contributed by atoms with Gasteiger partial charge in [0.1, 0.15) is 11.5 Å². The van der Waals surface area contributed by atoms with Crippen molar-refractivity contribution in [3.8, 4) is 11.5 Å². The molecule has 2 heterocycles. The Bertz CT molecular complexity index is 943. The fraction of sp³-hybridized carbons (Fsp3) is 0.348. The molecule has 2 aliphatic heterocycles. The molecule has 0 spiro atoms. The Morgan fingerprint density at radius 1 is 1.18 bits per heavy atom. The number of phenols is 1. The lowest BCUT2D eigenvalue weighted by molar-refractivity contribution is 0.101. The van der Waals surface area contributed by atoms with Crippen LogP contribution in [0.1, 0.15) is 41.8 Å². The summed E-state index contributed by atoms with van der Waals surface area (Å²) in [6.07, 6.45) is 2.88. The standard InChI is InChI=1S/C23H24ClNO3/c1-14-9-15(2)12-25(11-14)13-18-20(26)8-7-17-22(27)21(28-23(17)18)10-16-5-3-4-6-19(16)24/h3-8,10,14-15,26H,9,11-13H2,1-2H3/b21-10+. The van der Waals surface area contributed by atoms with Gasteiger partial charge in [-0.2, -0.15) is 0 Å². The quantitative estimate of drug-likeness (QED) is 0.728. The molecule has 0 amide bonds. The maximum absolute atomic E-state index is 12.8. The molecule has 5 heteroatoms. The fourth-order valence-corrected chi connectivity index (χ4v) is 4.52. The van der Waals surface area contributed by atoms with Crippen molar-refractivity contribution < 1.29 is 14.6 Å². The molecule has 0 bridgehead atoms. The molecule has 0 aliphatic carbocycles. The van der Waals surface area contributed by atoms with Crippen LogP contribution in [0.4, 0.5) is 0 Å². The maximum Gasteiger partial charge on any atom is 0.231 e. The zero-order valence-electron chi connectivity index (χ0n) is 16.1. The van der Waals surface area contributed by atoms with Crippen molar-refractivity contribution in [2.24, 2.45) is 11.8 Å². The van der Waals surface area contributed by atoms with Crippen LogP contribution >= 0.6 is 11.6 Å². The number of benzene rings is 2.